The third-order valence-corrected chi connectivity index (χ3v) is 6.88. The van der Waals surface area contributed by atoms with Crippen LogP contribution >= 0.6 is 11.8 Å². The van der Waals surface area contributed by atoms with Gasteiger partial charge in [0.2, 0.25) is 15.9 Å². The van der Waals surface area contributed by atoms with Gasteiger partial charge >= 0.3 is 0 Å². The fourth-order valence-electron chi connectivity index (χ4n) is 2.29. The van der Waals surface area contributed by atoms with Crippen LogP contribution in [0.1, 0.15) is 11.1 Å². The summed E-state index contributed by atoms with van der Waals surface area (Å²) < 4.78 is 31.0. The fourth-order valence-corrected chi connectivity index (χ4v) is 4.02. The average Bonchev–Trinajstić information content (AvgIpc) is 2.62. The second-order valence-electron chi connectivity index (χ2n) is 6.23. The van der Waals surface area contributed by atoms with Crippen LogP contribution in [0.5, 0.6) is 5.75 Å². The van der Waals surface area contributed by atoms with Crippen LogP contribution in [0, 0.1) is 13.8 Å². The summed E-state index contributed by atoms with van der Waals surface area (Å²) in [7, 11) is 0.777. The molecule has 2 aromatic carbocycles. The minimum atomic E-state index is -3.60. The number of thioether (sulfide) groups is 1. The molecule has 0 heterocycles. The Labute approximate surface area is 165 Å². The molecule has 0 radical (unpaired) electrons. The number of anilines is 1. The van der Waals surface area contributed by atoms with Crippen LogP contribution in [0.15, 0.2) is 46.2 Å². The quantitative estimate of drug-likeness (QED) is 0.712. The number of nitrogens with one attached hydrogen (secondary N) is 1. The Morgan fingerprint density at radius 1 is 1.11 bits per heavy atom. The van der Waals surface area contributed by atoms with Crippen molar-refractivity contribution in [3.05, 3.63) is 47.5 Å². The summed E-state index contributed by atoms with van der Waals surface area (Å²) in [6.07, 6.45) is 0. The number of amides is 1. The lowest BCUT2D eigenvalue weighted by atomic mass is 10.1. The van der Waals surface area contributed by atoms with Gasteiger partial charge in [-0.25, -0.2) is 12.7 Å². The van der Waals surface area contributed by atoms with Gasteiger partial charge in [0.1, 0.15) is 5.75 Å². The van der Waals surface area contributed by atoms with Crippen molar-refractivity contribution in [2.24, 2.45) is 0 Å². The Bertz CT molecular complexity index is 941. The van der Waals surface area contributed by atoms with E-state index in [4.69, 9.17) is 4.74 Å². The van der Waals surface area contributed by atoms with Gasteiger partial charge in [-0.1, -0.05) is 6.07 Å². The Kier molecular flexibility index (Phi) is 6.91. The number of sulfonamides is 1. The highest BCUT2D eigenvalue weighted by molar-refractivity contribution is 8.00. The number of benzene rings is 2. The molecule has 0 bridgehead atoms. The molecule has 8 heteroatoms. The van der Waals surface area contributed by atoms with Gasteiger partial charge in [0.05, 0.1) is 23.4 Å². The third kappa shape index (κ3) is 5.24. The monoisotopic (exact) mass is 408 g/mol. The van der Waals surface area contributed by atoms with E-state index in [9.17, 15) is 13.2 Å². The smallest absolute Gasteiger partial charge is 0.242 e. The first-order valence-electron chi connectivity index (χ1n) is 8.25. The van der Waals surface area contributed by atoms with Crippen LogP contribution in [-0.4, -0.2) is 45.6 Å². The summed E-state index contributed by atoms with van der Waals surface area (Å²) >= 11 is 1.42. The number of rotatable bonds is 7. The predicted octanol–water partition coefficient (Wildman–Crippen LogP) is 3.29. The summed E-state index contributed by atoms with van der Waals surface area (Å²) in [5.74, 6) is 0.365. The average molecular weight is 409 g/mol. The largest absolute Gasteiger partial charge is 0.495 e. The Morgan fingerprint density at radius 2 is 1.81 bits per heavy atom. The normalized spacial score (nSPS) is 11.5. The van der Waals surface area contributed by atoms with Crippen molar-refractivity contribution in [1.82, 2.24) is 4.31 Å². The number of hydrogen-bond donors (Lipinski definition) is 1. The first kappa shape index (κ1) is 21.3. The van der Waals surface area contributed by atoms with Crippen molar-refractivity contribution >= 4 is 33.4 Å². The highest BCUT2D eigenvalue weighted by Crippen LogP contribution is 2.29. The van der Waals surface area contributed by atoms with Gasteiger partial charge in [0, 0.05) is 19.0 Å². The molecule has 0 spiro atoms. The van der Waals surface area contributed by atoms with Crippen LogP contribution in [0.25, 0.3) is 0 Å². The molecule has 2 aromatic rings. The number of hydrogen-bond acceptors (Lipinski definition) is 5. The van der Waals surface area contributed by atoms with E-state index in [0.717, 1.165) is 9.20 Å². The summed E-state index contributed by atoms with van der Waals surface area (Å²) in [5.41, 5.74) is 2.70. The molecule has 0 saturated heterocycles. The lowest BCUT2D eigenvalue weighted by molar-refractivity contribution is -0.113. The summed E-state index contributed by atoms with van der Waals surface area (Å²) in [4.78, 5) is 13.4. The molecule has 6 nitrogen and oxygen atoms in total. The first-order chi connectivity index (χ1) is 12.6. The van der Waals surface area contributed by atoms with Crippen molar-refractivity contribution in [1.29, 1.82) is 0 Å². The van der Waals surface area contributed by atoms with Gasteiger partial charge < -0.3 is 10.1 Å². The molecule has 146 valence electrons. The van der Waals surface area contributed by atoms with E-state index in [-0.39, 0.29) is 16.6 Å². The SMILES string of the molecule is COc1ccc(S(=O)(=O)N(C)C)cc1NC(=O)CSc1ccc(C)c(C)c1. The molecule has 0 aliphatic rings. The maximum absolute atomic E-state index is 12.4. The minimum absolute atomic E-state index is 0.0883. The van der Waals surface area contributed by atoms with E-state index in [2.05, 4.69) is 5.32 Å². The lowest BCUT2D eigenvalue weighted by Gasteiger charge is -2.15. The van der Waals surface area contributed by atoms with Crippen molar-refractivity contribution in [2.45, 2.75) is 23.6 Å². The Balaban J connectivity index is 2.15. The maximum Gasteiger partial charge on any atom is 0.242 e. The van der Waals surface area contributed by atoms with Gasteiger partial charge in [-0.3, -0.25) is 4.79 Å². The molecule has 1 N–H and O–H groups in total. The maximum atomic E-state index is 12.4. The lowest BCUT2D eigenvalue weighted by Crippen LogP contribution is -2.22. The fraction of sp³-hybridized carbons (Fsp3) is 0.316. The number of nitrogens with zero attached hydrogens (tertiary/aromatic N) is 1. The highest BCUT2D eigenvalue weighted by atomic mass is 32.2. The van der Waals surface area contributed by atoms with E-state index in [1.165, 1.54) is 62.3 Å². The third-order valence-electron chi connectivity index (χ3n) is 4.07. The van der Waals surface area contributed by atoms with Gasteiger partial charge in [0.15, 0.2) is 0 Å². The molecule has 2 rings (SSSR count). The molecule has 0 atom stereocenters. The van der Waals surface area contributed by atoms with Crippen LogP contribution in [0.2, 0.25) is 0 Å². The molecule has 0 saturated carbocycles. The van der Waals surface area contributed by atoms with Gasteiger partial charge in [-0.15, -0.1) is 11.8 Å². The zero-order valence-electron chi connectivity index (χ0n) is 16.1. The van der Waals surface area contributed by atoms with Crippen molar-refractivity contribution < 1.29 is 17.9 Å². The molecule has 0 fully saturated rings. The zero-order valence-corrected chi connectivity index (χ0v) is 17.7. The highest BCUT2D eigenvalue weighted by Gasteiger charge is 2.19. The van der Waals surface area contributed by atoms with E-state index < -0.39 is 10.0 Å². The van der Waals surface area contributed by atoms with Crippen LogP contribution in [0.4, 0.5) is 5.69 Å². The number of carbonyl (C=O) groups is 1. The summed E-state index contributed by atoms with van der Waals surface area (Å²) in [5, 5.41) is 2.74. The van der Waals surface area contributed by atoms with Gasteiger partial charge in [-0.2, -0.15) is 0 Å². The second-order valence-corrected chi connectivity index (χ2v) is 9.43. The number of ether oxygens (including phenoxy) is 1. The summed E-state index contributed by atoms with van der Waals surface area (Å²) in [6.45, 7) is 4.07. The molecule has 0 aliphatic heterocycles. The van der Waals surface area contributed by atoms with Crippen molar-refractivity contribution in [3.63, 3.8) is 0 Å². The molecular weight excluding hydrogens is 384 g/mol. The van der Waals surface area contributed by atoms with E-state index >= 15 is 0 Å². The molecule has 1 amide bonds. The number of aryl methyl sites for hydroxylation is 2. The van der Waals surface area contributed by atoms with E-state index in [0.29, 0.717) is 11.4 Å². The number of carbonyl (C=O) groups excluding carboxylic acids is 1. The van der Waals surface area contributed by atoms with E-state index in [1.54, 1.807) is 0 Å². The van der Waals surface area contributed by atoms with Crippen molar-refractivity contribution in [3.8, 4) is 5.75 Å². The van der Waals surface area contributed by atoms with Crippen molar-refractivity contribution in [2.75, 3.05) is 32.3 Å². The Morgan fingerprint density at radius 3 is 2.41 bits per heavy atom. The van der Waals surface area contributed by atoms with Crippen LogP contribution in [0.3, 0.4) is 0 Å². The summed E-state index contributed by atoms with van der Waals surface area (Å²) in [6, 6.07) is 10.4. The topological polar surface area (TPSA) is 75.7 Å². The first-order valence-corrected chi connectivity index (χ1v) is 10.7. The van der Waals surface area contributed by atoms with Gasteiger partial charge in [0.25, 0.3) is 0 Å². The predicted molar refractivity (Wildman–Crippen MR) is 109 cm³/mol. The molecule has 0 aliphatic carbocycles. The standard InChI is InChI=1S/C19H24N2O4S2/c1-13-6-7-15(10-14(13)2)26-12-19(22)20-17-11-16(8-9-18(17)25-5)27(23,24)21(3)4/h6-11H,12H2,1-5H3,(H,20,22). The molecule has 0 unspecified atom stereocenters. The molecule has 27 heavy (non-hydrogen) atoms. The second kappa shape index (κ2) is 8.77. The molecule has 0 aromatic heterocycles. The van der Waals surface area contributed by atoms with Gasteiger partial charge in [-0.05, 0) is 55.3 Å². The van der Waals surface area contributed by atoms with Crippen LogP contribution < -0.4 is 10.1 Å². The zero-order chi connectivity index (χ0) is 20.2. The molecular formula is C19H24N2O4S2. The Hall–Kier alpha value is -2.03. The number of methoxy groups -OCH3 is 1. The minimum Gasteiger partial charge on any atom is -0.495 e. The van der Waals surface area contributed by atoms with Crippen LogP contribution in [-0.2, 0) is 14.8 Å². The van der Waals surface area contributed by atoms with E-state index in [1.807, 2.05) is 32.0 Å².